The molecule has 2 aliphatic rings. The summed E-state index contributed by atoms with van der Waals surface area (Å²) in [5.74, 6) is 0.639. The Hall–Kier alpha value is 0.210. The molecule has 70 valence electrons. The van der Waals surface area contributed by atoms with Crippen molar-refractivity contribution in [2.24, 2.45) is 0 Å². The maximum absolute atomic E-state index is 5.90. The van der Waals surface area contributed by atoms with Gasteiger partial charge in [-0.05, 0) is 25.7 Å². The standard InChI is InChI=1S/C9H15ClO2/c10-7-9(3-1-5-12-9)4-2-8-6-11-8/h8H,1-7H2. The number of alkyl halides is 1. The molecule has 2 unspecified atom stereocenters. The lowest BCUT2D eigenvalue weighted by atomic mass is 9.95. The Kier molecular flexibility index (Phi) is 2.58. The lowest BCUT2D eigenvalue weighted by Crippen LogP contribution is -2.30. The lowest BCUT2D eigenvalue weighted by Gasteiger charge is -2.25. The van der Waals surface area contributed by atoms with Gasteiger partial charge in [0.2, 0.25) is 0 Å². The highest BCUT2D eigenvalue weighted by Gasteiger charge is 2.36. The summed E-state index contributed by atoms with van der Waals surface area (Å²) in [5, 5.41) is 0. The zero-order valence-corrected chi connectivity index (χ0v) is 7.98. The van der Waals surface area contributed by atoms with Crippen LogP contribution in [0.3, 0.4) is 0 Å². The van der Waals surface area contributed by atoms with Gasteiger partial charge in [-0.15, -0.1) is 11.6 Å². The van der Waals surface area contributed by atoms with Gasteiger partial charge in [0.15, 0.2) is 0 Å². The van der Waals surface area contributed by atoms with Gasteiger partial charge in [0.05, 0.1) is 24.2 Å². The van der Waals surface area contributed by atoms with Crippen LogP contribution in [0, 0.1) is 0 Å². The summed E-state index contributed by atoms with van der Waals surface area (Å²) >= 11 is 5.90. The minimum atomic E-state index is -0.00644. The third-order valence-corrected chi connectivity index (χ3v) is 3.24. The Morgan fingerprint density at radius 2 is 2.33 bits per heavy atom. The minimum absolute atomic E-state index is 0.00644. The highest BCUT2D eigenvalue weighted by atomic mass is 35.5. The molecule has 0 amide bonds. The molecule has 0 aromatic rings. The second kappa shape index (κ2) is 3.52. The van der Waals surface area contributed by atoms with E-state index in [1.807, 2.05) is 0 Å². The van der Waals surface area contributed by atoms with E-state index >= 15 is 0 Å². The third kappa shape index (κ3) is 1.93. The van der Waals surface area contributed by atoms with Gasteiger partial charge in [-0.25, -0.2) is 0 Å². The molecule has 2 rings (SSSR count). The van der Waals surface area contributed by atoms with Crippen LogP contribution in [-0.2, 0) is 9.47 Å². The van der Waals surface area contributed by atoms with Crippen molar-refractivity contribution in [3.63, 3.8) is 0 Å². The molecule has 2 aliphatic heterocycles. The number of ether oxygens (including phenoxy) is 2. The first kappa shape index (κ1) is 8.79. The van der Waals surface area contributed by atoms with Crippen LogP contribution < -0.4 is 0 Å². The van der Waals surface area contributed by atoms with E-state index < -0.39 is 0 Å². The molecule has 3 heteroatoms. The quantitative estimate of drug-likeness (QED) is 0.499. The molecule has 2 heterocycles. The summed E-state index contributed by atoms with van der Waals surface area (Å²) in [6.07, 6.45) is 4.99. The maximum atomic E-state index is 5.90. The van der Waals surface area contributed by atoms with Gasteiger partial charge in [0, 0.05) is 6.61 Å². The Labute approximate surface area is 78.2 Å². The highest BCUT2D eigenvalue weighted by molar-refractivity contribution is 6.18. The third-order valence-electron chi connectivity index (χ3n) is 2.75. The highest BCUT2D eigenvalue weighted by Crippen LogP contribution is 2.33. The molecule has 12 heavy (non-hydrogen) atoms. The first-order valence-corrected chi connectivity index (χ1v) is 5.20. The van der Waals surface area contributed by atoms with Crippen LogP contribution in [0.25, 0.3) is 0 Å². The molecule has 0 radical (unpaired) electrons. The van der Waals surface area contributed by atoms with E-state index in [-0.39, 0.29) is 5.60 Å². The van der Waals surface area contributed by atoms with E-state index in [0.29, 0.717) is 12.0 Å². The average molecular weight is 191 g/mol. The van der Waals surface area contributed by atoms with E-state index in [1.54, 1.807) is 0 Å². The summed E-state index contributed by atoms with van der Waals surface area (Å²) in [6.45, 7) is 1.83. The normalized spacial score (nSPS) is 40.2. The number of rotatable bonds is 4. The zero-order chi connectivity index (χ0) is 8.44. The van der Waals surface area contributed by atoms with Crippen LogP contribution >= 0.6 is 11.6 Å². The summed E-state index contributed by atoms with van der Waals surface area (Å²) in [5.41, 5.74) is -0.00644. The maximum Gasteiger partial charge on any atom is 0.0819 e. The smallest absolute Gasteiger partial charge is 0.0819 e. The van der Waals surface area contributed by atoms with Gasteiger partial charge >= 0.3 is 0 Å². The van der Waals surface area contributed by atoms with Crippen LogP contribution in [0.2, 0.25) is 0 Å². The van der Waals surface area contributed by atoms with Gasteiger partial charge in [0.25, 0.3) is 0 Å². The Balaban J connectivity index is 1.79. The molecule has 2 nitrogen and oxygen atoms in total. The summed E-state index contributed by atoms with van der Waals surface area (Å²) in [6, 6.07) is 0. The van der Waals surface area contributed by atoms with Crippen molar-refractivity contribution < 1.29 is 9.47 Å². The molecule has 0 aromatic heterocycles. The van der Waals surface area contributed by atoms with Crippen LogP contribution in [0.5, 0.6) is 0 Å². The van der Waals surface area contributed by atoms with Crippen molar-refractivity contribution in [1.82, 2.24) is 0 Å². The largest absolute Gasteiger partial charge is 0.374 e. The SMILES string of the molecule is ClCC1(CCC2CO2)CCCO1. The van der Waals surface area contributed by atoms with Crippen LogP contribution in [0.15, 0.2) is 0 Å². The van der Waals surface area contributed by atoms with Crippen molar-refractivity contribution >= 4 is 11.6 Å². The van der Waals surface area contributed by atoms with Crippen LogP contribution in [-0.4, -0.2) is 30.8 Å². The van der Waals surface area contributed by atoms with Crippen molar-refractivity contribution in [2.45, 2.75) is 37.4 Å². The molecular weight excluding hydrogens is 176 g/mol. The second-order valence-electron chi connectivity index (χ2n) is 3.76. The van der Waals surface area contributed by atoms with Crippen LogP contribution in [0.4, 0.5) is 0 Å². The predicted molar refractivity (Wildman–Crippen MR) is 47.6 cm³/mol. The van der Waals surface area contributed by atoms with Crippen molar-refractivity contribution in [1.29, 1.82) is 0 Å². The Morgan fingerprint density at radius 3 is 2.83 bits per heavy atom. The average Bonchev–Trinajstić information content (AvgIpc) is 2.82. The fourth-order valence-electron chi connectivity index (χ4n) is 1.78. The van der Waals surface area contributed by atoms with E-state index in [9.17, 15) is 0 Å². The number of hydrogen-bond acceptors (Lipinski definition) is 2. The van der Waals surface area contributed by atoms with Gasteiger partial charge < -0.3 is 9.47 Å². The summed E-state index contributed by atoms with van der Waals surface area (Å²) in [4.78, 5) is 0. The van der Waals surface area contributed by atoms with Crippen molar-refractivity contribution in [3.05, 3.63) is 0 Å². The molecule has 0 saturated carbocycles. The minimum Gasteiger partial charge on any atom is -0.374 e. The molecule has 2 saturated heterocycles. The van der Waals surface area contributed by atoms with E-state index in [0.717, 1.165) is 38.9 Å². The van der Waals surface area contributed by atoms with Gasteiger partial charge in [-0.1, -0.05) is 0 Å². The summed E-state index contributed by atoms with van der Waals surface area (Å²) < 4.78 is 10.8. The van der Waals surface area contributed by atoms with E-state index in [1.165, 1.54) is 0 Å². The number of epoxide rings is 1. The Morgan fingerprint density at radius 1 is 1.50 bits per heavy atom. The first-order valence-electron chi connectivity index (χ1n) is 4.66. The van der Waals surface area contributed by atoms with E-state index in [2.05, 4.69) is 0 Å². The molecule has 0 spiro atoms. The predicted octanol–water partition coefficient (Wildman–Crippen LogP) is 1.95. The first-order chi connectivity index (χ1) is 5.85. The molecular formula is C9H15ClO2. The monoisotopic (exact) mass is 190 g/mol. The number of hydrogen-bond donors (Lipinski definition) is 0. The van der Waals surface area contributed by atoms with Gasteiger partial charge in [0.1, 0.15) is 0 Å². The van der Waals surface area contributed by atoms with Crippen molar-refractivity contribution in [3.8, 4) is 0 Å². The molecule has 0 aromatic carbocycles. The zero-order valence-electron chi connectivity index (χ0n) is 7.22. The van der Waals surface area contributed by atoms with Gasteiger partial charge in [-0.2, -0.15) is 0 Å². The van der Waals surface area contributed by atoms with Gasteiger partial charge in [-0.3, -0.25) is 0 Å². The van der Waals surface area contributed by atoms with Crippen molar-refractivity contribution in [2.75, 3.05) is 19.1 Å². The summed E-state index contributed by atoms with van der Waals surface area (Å²) in [7, 11) is 0. The van der Waals surface area contributed by atoms with E-state index in [4.69, 9.17) is 21.1 Å². The molecule has 2 atom stereocenters. The fraction of sp³-hybridized carbons (Fsp3) is 1.00. The Bertz CT molecular complexity index is 151. The topological polar surface area (TPSA) is 21.8 Å². The lowest BCUT2D eigenvalue weighted by molar-refractivity contribution is 0.0133. The number of halogens is 1. The molecule has 0 N–H and O–H groups in total. The van der Waals surface area contributed by atoms with Crippen LogP contribution in [0.1, 0.15) is 25.7 Å². The second-order valence-corrected chi connectivity index (χ2v) is 4.03. The fourth-order valence-corrected chi connectivity index (χ4v) is 2.13. The molecule has 2 fully saturated rings. The molecule has 0 bridgehead atoms. The molecule has 0 aliphatic carbocycles.